The molecule has 0 rings (SSSR count). The lowest BCUT2D eigenvalue weighted by Crippen LogP contribution is -2.22. The van der Waals surface area contributed by atoms with E-state index in [0.717, 1.165) is 25.9 Å². The Hall–Kier alpha value is -0.990. The molecule has 0 aromatic rings. The zero-order chi connectivity index (χ0) is 10.2. The average Bonchev–Trinajstić information content (AvgIpc) is 2.11. The highest BCUT2D eigenvalue weighted by molar-refractivity contribution is 4.95. The molecular weight excluding hydrogens is 160 g/mol. The van der Waals surface area contributed by atoms with Gasteiger partial charge in [-0.3, -0.25) is 0 Å². The molecule has 0 aliphatic heterocycles. The smallest absolute Gasteiger partial charge is 0.0684 e. The highest BCUT2D eigenvalue weighted by Crippen LogP contribution is 2.16. The third-order valence-electron chi connectivity index (χ3n) is 1.83. The average molecular weight is 178 g/mol. The minimum atomic E-state index is -0.205. The zero-order valence-corrected chi connectivity index (χ0v) is 8.78. The summed E-state index contributed by atoms with van der Waals surface area (Å²) in [4.78, 5) is 0. The Kier molecular flexibility index (Phi) is 6.02. The van der Waals surface area contributed by atoms with Gasteiger partial charge in [-0.15, -0.1) is 11.8 Å². The van der Waals surface area contributed by atoms with Crippen molar-refractivity contribution in [2.45, 2.75) is 33.6 Å². The first-order valence-electron chi connectivity index (χ1n) is 4.64. The summed E-state index contributed by atoms with van der Waals surface area (Å²) in [6, 6.07) is 2.28. The lowest BCUT2D eigenvalue weighted by Gasteiger charge is -2.14. The van der Waals surface area contributed by atoms with Crippen molar-refractivity contribution < 1.29 is 0 Å². The molecule has 0 saturated carbocycles. The van der Waals surface area contributed by atoms with E-state index in [1.807, 2.05) is 20.8 Å². The topological polar surface area (TPSA) is 35.8 Å². The van der Waals surface area contributed by atoms with Crippen LogP contribution >= 0.6 is 0 Å². The lowest BCUT2D eigenvalue weighted by molar-refractivity contribution is 0.434. The Morgan fingerprint density at radius 1 is 1.31 bits per heavy atom. The van der Waals surface area contributed by atoms with Gasteiger partial charge in [-0.05, 0) is 33.7 Å². The standard InChI is InChI=1S/C11H18N2/c1-4-5-6-8-13-9-7-11(2,3)10-12/h13H,6-9H2,1-3H3. The second-order valence-corrected chi connectivity index (χ2v) is 3.67. The molecule has 0 aromatic heterocycles. The predicted molar refractivity (Wildman–Crippen MR) is 54.9 cm³/mol. The van der Waals surface area contributed by atoms with E-state index in [9.17, 15) is 0 Å². The molecule has 0 aromatic carbocycles. The molecule has 0 atom stereocenters. The molecular formula is C11H18N2. The van der Waals surface area contributed by atoms with Crippen LogP contribution in [0, 0.1) is 28.6 Å². The number of hydrogen-bond donors (Lipinski definition) is 1. The summed E-state index contributed by atoms with van der Waals surface area (Å²) < 4.78 is 0. The van der Waals surface area contributed by atoms with E-state index < -0.39 is 0 Å². The fourth-order valence-electron chi connectivity index (χ4n) is 0.858. The van der Waals surface area contributed by atoms with E-state index in [-0.39, 0.29) is 5.41 Å². The Bertz CT molecular complexity index is 225. The van der Waals surface area contributed by atoms with Gasteiger partial charge in [0.2, 0.25) is 0 Å². The number of nitrogens with zero attached hydrogens (tertiary/aromatic N) is 1. The van der Waals surface area contributed by atoms with Crippen LogP contribution in [0.15, 0.2) is 0 Å². The van der Waals surface area contributed by atoms with E-state index in [0.29, 0.717) is 0 Å². The molecule has 13 heavy (non-hydrogen) atoms. The Labute approximate surface area is 81.3 Å². The third kappa shape index (κ3) is 7.37. The van der Waals surface area contributed by atoms with Crippen molar-refractivity contribution in [1.82, 2.24) is 5.32 Å². The lowest BCUT2D eigenvalue weighted by atomic mass is 9.91. The van der Waals surface area contributed by atoms with Crippen LogP contribution in [0.3, 0.4) is 0 Å². The monoisotopic (exact) mass is 178 g/mol. The van der Waals surface area contributed by atoms with Gasteiger partial charge in [0.25, 0.3) is 0 Å². The highest BCUT2D eigenvalue weighted by Gasteiger charge is 2.14. The van der Waals surface area contributed by atoms with Crippen LogP contribution in [0.4, 0.5) is 0 Å². The first kappa shape index (κ1) is 12.0. The maximum absolute atomic E-state index is 8.73. The minimum Gasteiger partial charge on any atom is -0.316 e. The first-order valence-corrected chi connectivity index (χ1v) is 4.64. The second-order valence-electron chi connectivity index (χ2n) is 3.67. The third-order valence-corrected chi connectivity index (χ3v) is 1.83. The summed E-state index contributed by atoms with van der Waals surface area (Å²) in [6.07, 6.45) is 1.78. The maximum atomic E-state index is 8.73. The molecule has 0 fully saturated rings. The van der Waals surface area contributed by atoms with Crippen molar-refractivity contribution in [3.8, 4) is 17.9 Å². The van der Waals surface area contributed by atoms with Crippen molar-refractivity contribution in [3.05, 3.63) is 0 Å². The van der Waals surface area contributed by atoms with E-state index in [1.165, 1.54) is 0 Å². The van der Waals surface area contributed by atoms with Gasteiger partial charge in [-0.25, -0.2) is 0 Å². The van der Waals surface area contributed by atoms with E-state index in [2.05, 4.69) is 23.2 Å². The number of rotatable bonds is 5. The largest absolute Gasteiger partial charge is 0.316 e. The molecule has 0 aliphatic carbocycles. The summed E-state index contributed by atoms with van der Waals surface area (Å²) in [5.74, 6) is 5.83. The molecule has 0 bridgehead atoms. The molecule has 0 radical (unpaired) electrons. The number of hydrogen-bond acceptors (Lipinski definition) is 2. The quantitative estimate of drug-likeness (QED) is 0.516. The van der Waals surface area contributed by atoms with Crippen molar-refractivity contribution in [3.63, 3.8) is 0 Å². The summed E-state index contributed by atoms with van der Waals surface area (Å²) in [7, 11) is 0. The van der Waals surface area contributed by atoms with E-state index in [4.69, 9.17) is 5.26 Å². The van der Waals surface area contributed by atoms with E-state index in [1.54, 1.807) is 0 Å². The molecule has 0 aliphatic rings. The predicted octanol–water partition coefficient (Wildman–Crippen LogP) is 1.93. The Morgan fingerprint density at radius 2 is 2.00 bits per heavy atom. The number of nitriles is 1. The fourth-order valence-corrected chi connectivity index (χ4v) is 0.858. The zero-order valence-electron chi connectivity index (χ0n) is 8.78. The molecule has 0 saturated heterocycles. The molecule has 0 amide bonds. The van der Waals surface area contributed by atoms with Gasteiger partial charge < -0.3 is 5.32 Å². The molecule has 2 nitrogen and oxygen atoms in total. The maximum Gasteiger partial charge on any atom is 0.0684 e. The van der Waals surface area contributed by atoms with Crippen LogP contribution in [0.1, 0.15) is 33.6 Å². The van der Waals surface area contributed by atoms with Crippen LogP contribution in [0.25, 0.3) is 0 Å². The van der Waals surface area contributed by atoms with Crippen molar-refractivity contribution in [1.29, 1.82) is 5.26 Å². The molecule has 0 heterocycles. The van der Waals surface area contributed by atoms with Gasteiger partial charge in [-0.1, -0.05) is 0 Å². The molecule has 2 heteroatoms. The van der Waals surface area contributed by atoms with Gasteiger partial charge in [0.15, 0.2) is 0 Å². The minimum absolute atomic E-state index is 0.205. The van der Waals surface area contributed by atoms with Gasteiger partial charge in [0, 0.05) is 13.0 Å². The molecule has 0 spiro atoms. The fraction of sp³-hybridized carbons (Fsp3) is 0.727. The van der Waals surface area contributed by atoms with Crippen molar-refractivity contribution in [2.75, 3.05) is 13.1 Å². The summed E-state index contributed by atoms with van der Waals surface area (Å²) in [6.45, 7) is 7.58. The Balaban J connectivity index is 3.35. The molecule has 1 N–H and O–H groups in total. The van der Waals surface area contributed by atoms with Crippen molar-refractivity contribution in [2.24, 2.45) is 5.41 Å². The molecule has 72 valence electrons. The van der Waals surface area contributed by atoms with Gasteiger partial charge in [0.1, 0.15) is 0 Å². The summed E-state index contributed by atoms with van der Waals surface area (Å²) in [5.41, 5.74) is -0.205. The Morgan fingerprint density at radius 3 is 2.54 bits per heavy atom. The first-order chi connectivity index (χ1) is 6.12. The van der Waals surface area contributed by atoms with Gasteiger partial charge >= 0.3 is 0 Å². The number of nitrogens with one attached hydrogen (secondary N) is 1. The summed E-state index contributed by atoms with van der Waals surface area (Å²) in [5, 5.41) is 12.0. The van der Waals surface area contributed by atoms with Gasteiger partial charge in [-0.2, -0.15) is 5.26 Å². The van der Waals surface area contributed by atoms with Crippen LogP contribution in [-0.2, 0) is 0 Å². The summed E-state index contributed by atoms with van der Waals surface area (Å²) >= 11 is 0. The van der Waals surface area contributed by atoms with Crippen LogP contribution in [0.5, 0.6) is 0 Å². The van der Waals surface area contributed by atoms with Crippen LogP contribution in [-0.4, -0.2) is 13.1 Å². The SMILES string of the molecule is CC#CCCNCCC(C)(C)C#N. The highest BCUT2D eigenvalue weighted by atomic mass is 14.8. The normalized spacial score (nSPS) is 10.0. The van der Waals surface area contributed by atoms with Crippen molar-refractivity contribution >= 4 is 0 Å². The van der Waals surface area contributed by atoms with Gasteiger partial charge in [0.05, 0.1) is 11.5 Å². The van der Waals surface area contributed by atoms with E-state index >= 15 is 0 Å². The van der Waals surface area contributed by atoms with Crippen LogP contribution in [0.2, 0.25) is 0 Å². The second kappa shape index (κ2) is 6.52. The molecule has 0 unspecified atom stereocenters. The van der Waals surface area contributed by atoms with Crippen LogP contribution < -0.4 is 5.32 Å².